The molecule has 0 spiro atoms. The molecule has 0 saturated heterocycles. The van der Waals surface area contributed by atoms with Gasteiger partial charge in [0.25, 0.3) is 0 Å². The lowest BCUT2D eigenvalue weighted by atomic mass is 10.2. The van der Waals surface area contributed by atoms with Crippen molar-refractivity contribution in [3.8, 4) is 0 Å². The van der Waals surface area contributed by atoms with Crippen molar-refractivity contribution in [3.63, 3.8) is 0 Å². The average Bonchev–Trinajstić information content (AvgIpc) is 2.84. The van der Waals surface area contributed by atoms with Crippen molar-refractivity contribution in [1.29, 1.82) is 0 Å². The molecule has 2 aromatic rings. The van der Waals surface area contributed by atoms with E-state index in [1.807, 2.05) is 11.3 Å². The number of hydrogen-bond acceptors (Lipinski definition) is 3. The van der Waals surface area contributed by atoms with Crippen LogP contribution in [0.1, 0.15) is 27.6 Å². The van der Waals surface area contributed by atoms with Gasteiger partial charge in [0.2, 0.25) is 0 Å². The molecule has 0 aromatic carbocycles. The molecule has 2 heterocycles. The van der Waals surface area contributed by atoms with Gasteiger partial charge in [-0.15, -0.1) is 22.7 Å². The maximum absolute atomic E-state index is 3.54. The highest BCUT2D eigenvalue weighted by Crippen LogP contribution is 2.34. The minimum atomic E-state index is 0.347. The van der Waals surface area contributed by atoms with Gasteiger partial charge in [0.15, 0.2) is 0 Å². The minimum Gasteiger partial charge on any atom is -0.305 e. The highest BCUT2D eigenvalue weighted by molar-refractivity contribution is 9.11. The predicted octanol–water partition coefficient (Wildman–Crippen LogP) is 4.58. The van der Waals surface area contributed by atoms with E-state index >= 15 is 0 Å². The van der Waals surface area contributed by atoms with E-state index in [0.717, 1.165) is 6.54 Å². The Hall–Kier alpha value is -0.160. The van der Waals surface area contributed by atoms with Crippen LogP contribution in [0.25, 0.3) is 0 Å². The van der Waals surface area contributed by atoms with Gasteiger partial charge in [-0.05, 0) is 53.7 Å². The van der Waals surface area contributed by atoms with E-state index in [2.05, 4.69) is 59.4 Å². The van der Waals surface area contributed by atoms with Gasteiger partial charge in [-0.1, -0.05) is 6.92 Å². The minimum absolute atomic E-state index is 0.347. The van der Waals surface area contributed by atoms with Crippen LogP contribution in [0.15, 0.2) is 28.1 Å². The summed E-state index contributed by atoms with van der Waals surface area (Å²) < 4.78 is 1.19. The predicted molar refractivity (Wildman–Crippen MR) is 76.6 cm³/mol. The van der Waals surface area contributed by atoms with Gasteiger partial charge in [-0.2, -0.15) is 0 Å². The van der Waals surface area contributed by atoms with Crippen molar-refractivity contribution in [2.45, 2.75) is 19.9 Å². The van der Waals surface area contributed by atoms with Gasteiger partial charge < -0.3 is 5.32 Å². The monoisotopic (exact) mass is 315 g/mol. The van der Waals surface area contributed by atoms with E-state index in [4.69, 9.17) is 0 Å². The molecule has 0 saturated carbocycles. The topological polar surface area (TPSA) is 12.0 Å². The Bertz CT molecular complexity index is 421. The summed E-state index contributed by atoms with van der Waals surface area (Å²) in [7, 11) is 0. The van der Waals surface area contributed by atoms with Gasteiger partial charge in [0.1, 0.15) is 0 Å². The van der Waals surface area contributed by atoms with E-state index in [-0.39, 0.29) is 0 Å². The highest BCUT2D eigenvalue weighted by Gasteiger charge is 2.16. The highest BCUT2D eigenvalue weighted by atomic mass is 79.9. The molecule has 1 atom stereocenters. The SMILES string of the molecule is CCNC(c1ccc(C)s1)c1ccc(Br)s1. The zero-order valence-electron chi connectivity index (χ0n) is 9.29. The van der Waals surface area contributed by atoms with Crippen LogP contribution in [-0.4, -0.2) is 6.54 Å². The standard InChI is InChI=1S/C12H14BrNS2/c1-3-14-12(9-5-4-8(2)15-9)10-6-7-11(13)16-10/h4-7,12,14H,3H2,1-2H3. The fourth-order valence-corrected chi connectivity index (χ4v) is 4.20. The number of rotatable bonds is 4. The third-order valence-electron chi connectivity index (χ3n) is 2.33. The lowest BCUT2D eigenvalue weighted by Gasteiger charge is -2.14. The molecule has 1 unspecified atom stereocenters. The van der Waals surface area contributed by atoms with Crippen LogP contribution in [0.3, 0.4) is 0 Å². The van der Waals surface area contributed by atoms with E-state index in [0.29, 0.717) is 6.04 Å². The Labute approximate surface area is 113 Å². The summed E-state index contributed by atoms with van der Waals surface area (Å²) in [5.41, 5.74) is 0. The first kappa shape index (κ1) is 12.3. The van der Waals surface area contributed by atoms with Gasteiger partial charge in [0.05, 0.1) is 9.83 Å². The molecule has 2 aromatic heterocycles. The lowest BCUT2D eigenvalue weighted by molar-refractivity contribution is 0.649. The normalized spacial score (nSPS) is 12.9. The second-order valence-electron chi connectivity index (χ2n) is 3.58. The van der Waals surface area contributed by atoms with Gasteiger partial charge in [-0.3, -0.25) is 0 Å². The fraction of sp³-hybridized carbons (Fsp3) is 0.333. The first-order valence-corrected chi connectivity index (χ1v) is 7.68. The molecule has 4 heteroatoms. The van der Waals surface area contributed by atoms with Crippen LogP contribution >= 0.6 is 38.6 Å². The maximum atomic E-state index is 3.54. The third kappa shape index (κ3) is 2.74. The molecular formula is C12H14BrNS2. The number of thiophene rings is 2. The van der Waals surface area contributed by atoms with Crippen LogP contribution < -0.4 is 5.32 Å². The van der Waals surface area contributed by atoms with Gasteiger partial charge in [-0.25, -0.2) is 0 Å². The Morgan fingerprint density at radius 2 is 1.88 bits per heavy atom. The summed E-state index contributed by atoms with van der Waals surface area (Å²) in [6.45, 7) is 5.29. The Morgan fingerprint density at radius 3 is 2.38 bits per heavy atom. The number of halogens is 1. The summed E-state index contributed by atoms with van der Waals surface area (Å²) in [6.07, 6.45) is 0. The Morgan fingerprint density at radius 1 is 1.19 bits per heavy atom. The van der Waals surface area contributed by atoms with Gasteiger partial charge in [0, 0.05) is 14.6 Å². The molecule has 0 fully saturated rings. The van der Waals surface area contributed by atoms with Crippen molar-refractivity contribution in [3.05, 3.63) is 42.7 Å². The summed E-state index contributed by atoms with van der Waals surface area (Å²) >= 11 is 7.19. The third-order valence-corrected chi connectivity index (χ3v) is 5.09. The average molecular weight is 316 g/mol. The Kier molecular flexibility index (Phi) is 4.19. The smallest absolute Gasteiger partial charge is 0.0765 e. The molecule has 0 amide bonds. The van der Waals surface area contributed by atoms with Crippen molar-refractivity contribution in [2.24, 2.45) is 0 Å². The van der Waals surface area contributed by atoms with Crippen LogP contribution in [0, 0.1) is 6.92 Å². The number of aryl methyl sites for hydroxylation is 1. The van der Waals surface area contributed by atoms with E-state index in [1.165, 1.54) is 18.4 Å². The maximum Gasteiger partial charge on any atom is 0.0765 e. The number of nitrogens with one attached hydrogen (secondary N) is 1. The zero-order valence-corrected chi connectivity index (χ0v) is 12.5. The van der Waals surface area contributed by atoms with Crippen molar-refractivity contribution >= 4 is 38.6 Å². The fourth-order valence-electron chi connectivity index (χ4n) is 1.64. The molecule has 0 aliphatic carbocycles. The van der Waals surface area contributed by atoms with Crippen molar-refractivity contribution in [1.82, 2.24) is 5.32 Å². The molecular weight excluding hydrogens is 302 g/mol. The zero-order chi connectivity index (χ0) is 11.5. The molecule has 0 bridgehead atoms. The Balaban J connectivity index is 2.30. The molecule has 1 N–H and O–H groups in total. The molecule has 16 heavy (non-hydrogen) atoms. The summed E-state index contributed by atoms with van der Waals surface area (Å²) in [6, 6.07) is 9.07. The summed E-state index contributed by atoms with van der Waals surface area (Å²) in [5.74, 6) is 0. The van der Waals surface area contributed by atoms with E-state index < -0.39 is 0 Å². The second-order valence-corrected chi connectivity index (χ2v) is 7.40. The molecule has 0 radical (unpaired) electrons. The van der Waals surface area contributed by atoms with Crippen LogP contribution in [-0.2, 0) is 0 Å². The summed E-state index contributed by atoms with van der Waals surface area (Å²) in [4.78, 5) is 4.14. The molecule has 2 rings (SSSR count). The van der Waals surface area contributed by atoms with Crippen LogP contribution in [0.5, 0.6) is 0 Å². The molecule has 0 aliphatic heterocycles. The van der Waals surface area contributed by atoms with Gasteiger partial charge >= 0.3 is 0 Å². The van der Waals surface area contributed by atoms with Crippen molar-refractivity contribution < 1.29 is 0 Å². The first-order chi connectivity index (χ1) is 7.70. The van der Waals surface area contributed by atoms with E-state index in [1.54, 1.807) is 11.3 Å². The first-order valence-electron chi connectivity index (χ1n) is 5.25. The lowest BCUT2D eigenvalue weighted by Crippen LogP contribution is -2.19. The summed E-state index contributed by atoms with van der Waals surface area (Å²) in [5, 5.41) is 3.54. The van der Waals surface area contributed by atoms with Crippen LogP contribution in [0.2, 0.25) is 0 Å². The van der Waals surface area contributed by atoms with Crippen LogP contribution in [0.4, 0.5) is 0 Å². The molecule has 0 aliphatic rings. The largest absolute Gasteiger partial charge is 0.305 e. The van der Waals surface area contributed by atoms with E-state index in [9.17, 15) is 0 Å². The molecule has 86 valence electrons. The molecule has 1 nitrogen and oxygen atoms in total. The van der Waals surface area contributed by atoms with Crippen molar-refractivity contribution in [2.75, 3.05) is 6.54 Å². The second kappa shape index (κ2) is 5.45. The quantitative estimate of drug-likeness (QED) is 0.870. The number of hydrogen-bond donors (Lipinski definition) is 1.